The standard InChI is InChI=1S/C18H17ClN8/c1-12(17-22-25-27(24-17)15-7-3-6-14(19)10-15)9-16-21-23-18(26(16)2)13-5-4-8-20-11-13/h3-8,10-12H,9H2,1-2H3. The van der Waals surface area contributed by atoms with E-state index in [2.05, 4.69) is 30.6 Å². The van der Waals surface area contributed by atoms with E-state index in [0.717, 1.165) is 22.9 Å². The first-order valence-electron chi connectivity index (χ1n) is 8.46. The van der Waals surface area contributed by atoms with Crippen molar-refractivity contribution in [3.05, 3.63) is 65.5 Å². The summed E-state index contributed by atoms with van der Waals surface area (Å²) in [5, 5.41) is 22.0. The van der Waals surface area contributed by atoms with E-state index in [-0.39, 0.29) is 5.92 Å². The Morgan fingerprint density at radius 3 is 2.78 bits per heavy atom. The van der Waals surface area contributed by atoms with Gasteiger partial charge in [-0.25, -0.2) is 0 Å². The Balaban J connectivity index is 1.53. The van der Waals surface area contributed by atoms with Gasteiger partial charge in [-0.3, -0.25) is 4.98 Å². The molecule has 8 nitrogen and oxygen atoms in total. The lowest BCUT2D eigenvalue weighted by Gasteiger charge is -2.07. The number of aromatic nitrogens is 8. The number of hydrogen-bond acceptors (Lipinski definition) is 6. The average molecular weight is 381 g/mol. The van der Waals surface area contributed by atoms with E-state index in [0.29, 0.717) is 17.3 Å². The Kier molecular flexibility index (Phi) is 4.64. The Morgan fingerprint density at radius 1 is 1.11 bits per heavy atom. The maximum Gasteiger partial charge on any atom is 0.178 e. The molecule has 0 saturated carbocycles. The van der Waals surface area contributed by atoms with E-state index in [1.165, 1.54) is 4.80 Å². The van der Waals surface area contributed by atoms with E-state index < -0.39 is 0 Å². The van der Waals surface area contributed by atoms with E-state index >= 15 is 0 Å². The van der Waals surface area contributed by atoms with Gasteiger partial charge < -0.3 is 4.57 Å². The van der Waals surface area contributed by atoms with Crippen LogP contribution in [0.4, 0.5) is 0 Å². The van der Waals surface area contributed by atoms with E-state index in [1.807, 2.05) is 42.8 Å². The summed E-state index contributed by atoms with van der Waals surface area (Å²) in [6.45, 7) is 2.04. The van der Waals surface area contributed by atoms with Crippen LogP contribution in [0.5, 0.6) is 0 Å². The van der Waals surface area contributed by atoms with Crippen molar-refractivity contribution < 1.29 is 0 Å². The highest BCUT2D eigenvalue weighted by atomic mass is 35.5. The first-order valence-corrected chi connectivity index (χ1v) is 8.84. The minimum atomic E-state index is 0.0302. The predicted octanol–water partition coefficient (Wildman–Crippen LogP) is 2.85. The van der Waals surface area contributed by atoms with Gasteiger partial charge in [0.25, 0.3) is 0 Å². The molecule has 0 amide bonds. The summed E-state index contributed by atoms with van der Waals surface area (Å²) in [5.41, 5.74) is 1.70. The van der Waals surface area contributed by atoms with E-state index in [9.17, 15) is 0 Å². The quantitative estimate of drug-likeness (QED) is 0.529. The monoisotopic (exact) mass is 380 g/mol. The lowest BCUT2D eigenvalue weighted by atomic mass is 10.1. The van der Waals surface area contributed by atoms with Crippen molar-refractivity contribution in [2.75, 3.05) is 0 Å². The SMILES string of the molecule is CC(Cc1nnc(-c2cccnc2)n1C)c1nnn(-c2cccc(Cl)c2)n1. The highest BCUT2D eigenvalue weighted by molar-refractivity contribution is 6.30. The van der Waals surface area contributed by atoms with Crippen molar-refractivity contribution in [3.8, 4) is 17.1 Å². The Labute approximate surface area is 160 Å². The molecule has 0 N–H and O–H groups in total. The summed E-state index contributed by atoms with van der Waals surface area (Å²) in [6, 6.07) is 11.2. The van der Waals surface area contributed by atoms with Crippen LogP contribution in [-0.4, -0.2) is 40.0 Å². The molecule has 4 aromatic rings. The molecule has 0 spiro atoms. The topological polar surface area (TPSA) is 87.2 Å². The van der Waals surface area contributed by atoms with Crippen molar-refractivity contribution in [1.82, 2.24) is 40.0 Å². The minimum absolute atomic E-state index is 0.0302. The molecular weight excluding hydrogens is 364 g/mol. The fraction of sp³-hybridized carbons (Fsp3) is 0.222. The van der Waals surface area contributed by atoms with Gasteiger partial charge in [0.05, 0.1) is 5.69 Å². The average Bonchev–Trinajstić information content (AvgIpc) is 3.31. The van der Waals surface area contributed by atoms with Gasteiger partial charge >= 0.3 is 0 Å². The molecule has 0 fully saturated rings. The molecule has 9 heteroatoms. The summed E-state index contributed by atoms with van der Waals surface area (Å²) >= 11 is 6.03. The molecule has 0 saturated heterocycles. The van der Waals surface area contributed by atoms with Gasteiger partial charge in [0.2, 0.25) is 0 Å². The van der Waals surface area contributed by atoms with Gasteiger partial charge in [0, 0.05) is 42.4 Å². The summed E-state index contributed by atoms with van der Waals surface area (Å²) < 4.78 is 1.97. The Hall–Kier alpha value is -3.13. The normalized spacial score (nSPS) is 12.3. The van der Waals surface area contributed by atoms with Crippen LogP contribution >= 0.6 is 11.6 Å². The molecule has 1 unspecified atom stereocenters. The third-order valence-corrected chi connectivity index (χ3v) is 4.52. The molecule has 0 bridgehead atoms. The van der Waals surface area contributed by atoms with Crippen molar-refractivity contribution in [3.63, 3.8) is 0 Å². The number of pyridine rings is 1. The number of hydrogen-bond donors (Lipinski definition) is 0. The molecule has 3 heterocycles. The number of tetrazole rings is 1. The molecule has 27 heavy (non-hydrogen) atoms. The first kappa shape index (κ1) is 17.3. The number of rotatable bonds is 5. The van der Waals surface area contributed by atoms with Gasteiger partial charge in [-0.15, -0.1) is 25.2 Å². The van der Waals surface area contributed by atoms with E-state index in [1.54, 1.807) is 24.5 Å². The van der Waals surface area contributed by atoms with Crippen molar-refractivity contribution >= 4 is 11.6 Å². The van der Waals surface area contributed by atoms with Crippen LogP contribution in [0.1, 0.15) is 24.5 Å². The lowest BCUT2D eigenvalue weighted by Crippen LogP contribution is -2.07. The largest absolute Gasteiger partial charge is 0.314 e. The fourth-order valence-corrected chi connectivity index (χ4v) is 2.97. The van der Waals surface area contributed by atoms with Crippen LogP contribution in [0.3, 0.4) is 0 Å². The Bertz CT molecular complexity index is 1060. The second-order valence-electron chi connectivity index (χ2n) is 6.26. The highest BCUT2D eigenvalue weighted by Crippen LogP contribution is 2.20. The smallest absolute Gasteiger partial charge is 0.178 e. The van der Waals surface area contributed by atoms with Crippen LogP contribution in [0.15, 0.2) is 48.8 Å². The summed E-state index contributed by atoms with van der Waals surface area (Å²) in [5.74, 6) is 2.30. The molecule has 0 aliphatic rings. The zero-order valence-corrected chi connectivity index (χ0v) is 15.6. The summed E-state index contributed by atoms with van der Waals surface area (Å²) in [4.78, 5) is 5.62. The number of benzene rings is 1. The Morgan fingerprint density at radius 2 is 2.00 bits per heavy atom. The molecule has 3 aromatic heterocycles. The molecule has 0 aliphatic carbocycles. The van der Waals surface area contributed by atoms with Crippen LogP contribution in [-0.2, 0) is 13.5 Å². The summed E-state index contributed by atoms with van der Waals surface area (Å²) in [6.07, 6.45) is 4.15. The van der Waals surface area contributed by atoms with Gasteiger partial charge in [-0.2, -0.15) is 0 Å². The molecule has 0 radical (unpaired) electrons. The number of nitrogens with zero attached hydrogens (tertiary/aromatic N) is 8. The predicted molar refractivity (Wildman–Crippen MR) is 101 cm³/mol. The van der Waals surface area contributed by atoms with Crippen LogP contribution in [0.25, 0.3) is 17.1 Å². The maximum absolute atomic E-state index is 6.03. The highest BCUT2D eigenvalue weighted by Gasteiger charge is 2.18. The molecule has 0 aliphatic heterocycles. The van der Waals surface area contributed by atoms with Crippen molar-refractivity contribution in [2.24, 2.45) is 7.05 Å². The second kappa shape index (κ2) is 7.24. The molecule has 1 aromatic carbocycles. The number of halogens is 1. The molecule has 1 atom stereocenters. The molecule has 4 rings (SSSR count). The van der Waals surface area contributed by atoms with Gasteiger partial charge in [0.15, 0.2) is 11.6 Å². The van der Waals surface area contributed by atoms with Gasteiger partial charge in [-0.1, -0.05) is 24.6 Å². The lowest BCUT2D eigenvalue weighted by molar-refractivity contribution is 0.643. The first-order chi connectivity index (χ1) is 13.1. The molecule has 136 valence electrons. The summed E-state index contributed by atoms with van der Waals surface area (Å²) in [7, 11) is 1.95. The van der Waals surface area contributed by atoms with Crippen LogP contribution in [0.2, 0.25) is 5.02 Å². The zero-order valence-electron chi connectivity index (χ0n) is 14.9. The third-order valence-electron chi connectivity index (χ3n) is 4.28. The zero-order chi connectivity index (χ0) is 18.8. The second-order valence-corrected chi connectivity index (χ2v) is 6.70. The van der Waals surface area contributed by atoms with Crippen LogP contribution in [0, 0.1) is 0 Å². The maximum atomic E-state index is 6.03. The van der Waals surface area contributed by atoms with Crippen molar-refractivity contribution in [2.45, 2.75) is 19.3 Å². The van der Waals surface area contributed by atoms with Gasteiger partial charge in [0.1, 0.15) is 5.82 Å². The van der Waals surface area contributed by atoms with E-state index in [4.69, 9.17) is 11.6 Å². The minimum Gasteiger partial charge on any atom is -0.314 e. The van der Waals surface area contributed by atoms with Crippen molar-refractivity contribution in [1.29, 1.82) is 0 Å². The molecular formula is C18H17ClN8. The van der Waals surface area contributed by atoms with Gasteiger partial charge in [-0.05, 0) is 35.5 Å². The van der Waals surface area contributed by atoms with Crippen LogP contribution < -0.4 is 0 Å². The third kappa shape index (κ3) is 3.56. The fourth-order valence-electron chi connectivity index (χ4n) is 2.78.